The Balaban J connectivity index is 1.61. The number of nitrogens with zero attached hydrogens (tertiary/aromatic N) is 2. The van der Waals surface area contributed by atoms with Crippen molar-refractivity contribution in [2.75, 3.05) is 25.3 Å². The number of benzene rings is 2. The van der Waals surface area contributed by atoms with Crippen molar-refractivity contribution in [1.29, 1.82) is 0 Å². The molecule has 140 valence electrons. The van der Waals surface area contributed by atoms with E-state index in [2.05, 4.69) is 15.5 Å². The molecule has 0 amide bonds. The van der Waals surface area contributed by atoms with Gasteiger partial charge in [-0.15, -0.1) is 10.2 Å². The molecule has 6 nitrogen and oxygen atoms in total. The van der Waals surface area contributed by atoms with Crippen molar-refractivity contribution in [2.45, 2.75) is 4.34 Å². The van der Waals surface area contributed by atoms with Gasteiger partial charge >= 0.3 is 0 Å². The van der Waals surface area contributed by atoms with Crippen LogP contribution in [0.5, 0.6) is 11.5 Å². The zero-order valence-electron chi connectivity index (χ0n) is 14.6. The van der Waals surface area contributed by atoms with Crippen molar-refractivity contribution in [3.05, 3.63) is 53.8 Å². The maximum atomic E-state index is 13.7. The van der Waals surface area contributed by atoms with Gasteiger partial charge < -0.3 is 14.8 Å². The summed E-state index contributed by atoms with van der Waals surface area (Å²) in [5, 5.41) is 11.9. The zero-order chi connectivity index (χ0) is 19.2. The van der Waals surface area contributed by atoms with E-state index in [0.29, 0.717) is 15.2 Å². The Morgan fingerprint density at radius 2 is 1.93 bits per heavy atom. The van der Waals surface area contributed by atoms with Crippen molar-refractivity contribution in [1.82, 2.24) is 10.2 Å². The van der Waals surface area contributed by atoms with E-state index in [0.717, 1.165) is 5.69 Å². The van der Waals surface area contributed by atoms with E-state index in [4.69, 9.17) is 9.47 Å². The Morgan fingerprint density at radius 1 is 1.15 bits per heavy atom. The predicted octanol–water partition coefficient (Wildman–Crippen LogP) is 4.41. The fourth-order valence-electron chi connectivity index (χ4n) is 2.23. The van der Waals surface area contributed by atoms with E-state index in [1.54, 1.807) is 13.2 Å². The first-order valence-corrected chi connectivity index (χ1v) is 9.64. The quantitative estimate of drug-likeness (QED) is 0.439. The van der Waals surface area contributed by atoms with E-state index < -0.39 is 5.82 Å². The SMILES string of the molecule is COc1ccc(C(=O)CSc2nnc(Nc3ccccc3OC)s2)cc1F. The normalized spacial score (nSPS) is 10.5. The van der Waals surface area contributed by atoms with Crippen LogP contribution >= 0.6 is 23.1 Å². The number of hydrogen-bond acceptors (Lipinski definition) is 8. The molecule has 9 heteroatoms. The van der Waals surface area contributed by atoms with Crippen LogP contribution in [0.25, 0.3) is 0 Å². The molecular weight excluding hydrogens is 389 g/mol. The molecule has 0 saturated heterocycles. The summed E-state index contributed by atoms with van der Waals surface area (Å²) in [5.74, 6) is 0.173. The van der Waals surface area contributed by atoms with E-state index in [9.17, 15) is 9.18 Å². The number of ketones is 1. The van der Waals surface area contributed by atoms with Gasteiger partial charge in [-0.3, -0.25) is 4.79 Å². The summed E-state index contributed by atoms with van der Waals surface area (Å²) < 4.78 is 24.5. The molecule has 0 fully saturated rings. The van der Waals surface area contributed by atoms with Crippen molar-refractivity contribution in [2.24, 2.45) is 0 Å². The number of rotatable bonds is 8. The lowest BCUT2D eigenvalue weighted by Gasteiger charge is -2.07. The summed E-state index contributed by atoms with van der Waals surface area (Å²) >= 11 is 2.57. The second-order valence-electron chi connectivity index (χ2n) is 5.26. The van der Waals surface area contributed by atoms with Crippen LogP contribution in [0.1, 0.15) is 10.4 Å². The third-order valence-corrected chi connectivity index (χ3v) is 5.53. The van der Waals surface area contributed by atoms with Gasteiger partial charge in [-0.25, -0.2) is 4.39 Å². The standard InChI is InChI=1S/C18H16FN3O3S2/c1-24-15-8-7-11(9-12(15)19)14(23)10-26-18-22-21-17(27-18)20-13-5-3-4-6-16(13)25-2/h3-9H,10H2,1-2H3,(H,20,21). The molecule has 0 aliphatic rings. The number of aromatic nitrogens is 2. The number of carbonyl (C=O) groups excluding carboxylic acids is 1. The predicted molar refractivity (Wildman–Crippen MR) is 104 cm³/mol. The fraction of sp³-hybridized carbons (Fsp3) is 0.167. The highest BCUT2D eigenvalue weighted by atomic mass is 32.2. The molecule has 1 heterocycles. The van der Waals surface area contributed by atoms with Gasteiger partial charge in [0, 0.05) is 5.56 Å². The number of para-hydroxylation sites is 2. The smallest absolute Gasteiger partial charge is 0.210 e. The molecule has 27 heavy (non-hydrogen) atoms. The van der Waals surface area contributed by atoms with Crippen LogP contribution in [0, 0.1) is 5.82 Å². The molecule has 1 N–H and O–H groups in total. The van der Waals surface area contributed by atoms with Gasteiger partial charge in [0.15, 0.2) is 21.7 Å². The zero-order valence-corrected chi connectivity index (χ0v) is 16.2. The number of methoxy groups -OCH3 is 2. The number of anilines is 2. The summed E-state index contributed by atoms with van der Waals surface area (Å²) in [6, 6.07) is 11.6. The van der Waals surface area contributed by atoms with Crippen LogP contribution in [0.3, 0.4) is 0 Å². The van der Waals surface area contributed by atoms with Gasteiger partial charge in [0.05, 0.1) is 25.7 Å². The van der Waals surface area contributed by atoms with Crippen molar-refractivity contribution in [3.8, 4) is 11.5 Å². The summed E-state index contributed by atoms with van der Waals surface area (Å²) in [5.41, 5.74) is 1.06. The molecule has 0 bridgehead atoms. The second kappa shape index (κ2) is 8.83. The Morgan fingerprint density at radius 3 is 2.67 bits per heavy atom. The number of Topliss-reactive ketones (excluding diaryl/α,β-unsaturated/α-hetero) is 1. The minimum Gasteiger partial charge on any atom is -0.495 e. The first-order chi connectivity index (χ1) is 13.1. The average Bonchev–Trinajstić information content (AvgIpc) is 3.13. The van der Waals surface area contributed by atoms with Crippen molar-refractivity contribution < 1.29 is 18.7 Å². The van der Waals surface area contributed by atoms with Crippen LogP contribution in [-0.2, 0) is 0 Å². The number of carbonyl (C=O) groups is 1. The Hall–Kier alpha value is -2.65. The maximum Gasteiger partial charge on any atom is 0.210 e. The first kappa shape index (κ1) is 19.1. The maximum absolute atomic E-state index is 13.7. The molecular formula is C18H16FN3O3S2. The molecule has 3 rings (SSSR count). The van der Waals surface area contributed by atoms with Gasteiger partial charge in [-0.1, -0.05) is 35.2 Å². The fourth-order valence-corrected chi connectivity index (χ4v) is 3.89. The third-order valence-electron chi connectivity index (χ3n) is 3.56. The minimum absolute atomic E-state index is 0.107. The Kier molecular flexibility index (Phi) is 6.25. The summed E-state index contributed by atoms with van der Waals surface area (Å²) in [6.45, 7) is 0. The Bertz CT molecular complexity index is 949. The first-order valence-electron chi connectivity index (χ1n) is 7.84. The Labute approximate surface area is 163 Å². The molecule has 1 aromatic heterocycles. The van der Waals surface area contributed by atoms with Gasteiger partial charge in [-0.2, -0.15) is 0 Å². The van der Waals surface area contributed by atoms with Gasteiger partial charge in [0.25, 0.3) is 0 Å². The lowest BCUT2D eigenvalue weighted by atomic mass is 10.1. The largest absolute Gasteiger partial charge is 0.495 e. The highest BCUT2D eigenvalue weighted by Crippen LogP contribution is 2.31. The van der Waals surface area contributed by atoms with E-state index in [1.165, 1.54) is 42.3 Å². The minimum atomic E-state index is -0.562. The van der Waals surface area contributed by atoms with Gasteiger partial charge in [0.1, 0.15) is 5.75 Å². The van der Waals surface area contributed by atoms with E-state index in [-0.39, 0.29) is 22.8 Å². The molecule has 0 unspecified atom stereocenters. The molecule has 0 radical (unpaired) electrons. The summed E-state index contributed by atoms with van der Waals surface area (Å²) in [7, 11) is 2.97. The molecule has 0 atom stereocenters. The van der Waals surface area contributed by atoms with Crippen molar-refractivity contribution in [3.63, 3.8) is 0 Å². The molecule has 0 aliphatic carbocycles. The van der Waals surface area contributed by atoms with E-state index >= 15 is 0 Å². The molecule has 2 aromatic carbocycles. The topological polar surface area (TPSA) is 73.3 Å². The number of hydrogen-bond donors (Lipinski definition) is 1. The molecule has 3 aromatic rings. The monoisotopic (exact) mass is 405 g/mol. The summed E-state index contributed by atoms with van der Waals surface area (Å²) in [4.78, 5) is 12.2. The van der Waals surface area contributed by atoms with Crippen LogP contribution in [0.4, 0.5) is 15.2 Å². The number of thioether (sulfide) groups is 1. The van der Waals surface area contributed by atoms with Gasteiger partial charge in [0.2, 0.25) is 5.13 Å². The number of nitrogens with one attached hydrogen (secondary N) is 1. The third kappa shape index (κ3) is 4.75. The molecule has 0 saturated carbocycles. The number of halogens is 1. The second-order valence-corrected chi connectivity index (χ2v) is 7.46. The van der Waals surface area contributed by atoms with Crippen LogP contribution in [-0.4, -0.2) is 36.0 Å². The lowest BCUT2D eigenvalue weighted by molar-refractivity contribution is 0.102. The highest BCUT2D eigenvalue weighted by molar-refractivity contribution is 8.01. The summed E-state index contributed by atoms with van der Waals surface area (Å²) in [6.07, 6.45) is 0. The van der Waals surface area contributed by atoms with Crippen molar-refractivity contribution >= 4 is 39.7 Å². The molecule has 0 aliphatic heterocycles. The highest BCUT2D eigenvalue weighted by Gasteiger charge is 2.13. The van der Waals surface area contributed by atoms with E-state index in [1.807, 2.05) is 24.3 Å². The average molecular weight is 405 g/mol. The number of ether oxygens (including phenoxy) is 2. The van der Waals surface area contributed by atoms with Crippen LogP contribution in [0.2, 0.25) is 0 Å². The van der Waals surface area contributed by atoms with Crippen LogP contribution in [0.15, 0.2) is 46.8 Å². The lowest BCUT2D eigenvalue weighted by Crippen LogP contribution is -2.03. The van der Waals surface area contributed by atoms with Gasteiger partial charge in [-0.05, 0) is 30.3 Å². The van der Waals surface area contributed by atoms with Crippen LogP contribution < -0.4 is 14.8 Å². The molecule has 0 spiro atoms.